The van der Waals surface area contributed by atoms with Gasteiger partial charge in [0.25, 0.3) is 5.91 Å². The first-order valence-corrected chi connectivity index (χ1v) is 8.99. The summed E-state index contributed by atoms with van der Waals surface area (Å²) in [5.74, 6) is -1.61. The van der Waals surface area contributed by atoms with E-state index in [2.05, 4.69) is 21.2 Å². The molecule has 0 spiro atoms. The lowest BCUT2D eigenvalue weighted by molar-refractivity contribution is -0.130. The van der Waals surface area contributed by atoms with Gasteiger partial charge < -0.3 is 11.1 Å². The van der Waals surface area contributed by atoms with Gasteiger partial charge in [0.2, 0.25) is 5.91 Å². The van der Waals surface area contributed by atoms with Crippen LogP contribution in [0.5, 0.6) is 0 Å². The van der Waals surface area contributed by atoms with E-state index in [1.54, 1.807) is 31.4 Å². The van der Waals surface area contributed by atoms with Crippen LogP contribution in [0, 0.1) is 11.7 Å². The predicted octanol–water partition coefficient (Wildman–Crippen LogP) is 1.33. The van der Waals surface area contributed by atoms with Crippen molar-refractivity contribution in [2.45, 2.75) is 26.3 Å². The second-order valence-corrected chi connectivity index (χ2v) is 6.95. The van der Waals surface area contributed by atoms with E-state index in [1.165, 1.54) is 23.5 Å². The number of primary amides is 1. The van der Waals surface area contributed by atoms with Crippen LogP contribution in [0.4, 0.5) is 9.18 Å². The van der Waals surface area contributed by atoms with E-state index in [0.29, 0.717) is 10.7 Å². The van der Waals surface area contributed by atoms with Crippen LogP contribution in [-0.4, -0.2) is 28.9 Å². The Morgan fingerprint density at radius 3 is 2.44 bits per heavy atom. The highest BCUT2D eigenvalue weighted by atomic mass is 32.1. The fourth-order valence-electron chi connectivity index (χ4n) is 2.22. The van der Waals surface area contributed by atoms with Crippen molar-refractivity contribution < 1.29 is 18.8 Å². The van der Waals surface area contributed by atoms with Gasteiger partial charge in [0.05, 0.1) is 12.1 Å². The second kappa shape index (κ2) is 9.08. The van der Waals surface area contributed by atoms with E-state index in [0.717, 1.165) is 5.56 Å². The average Bonchev–Trinajstić information content (AvgIpc) is 3.06. The zero-order chi connectivity index (χ0) is 20.0. The lowest BCUT2D eigenvalue weighted by Crippen LogP contribution is -2.55. The second-order valence-electron chi connectivity index (χ2n) is 6.10. The molecule has 0 aliphatic heterocycles. The molecule has 0 bridgehead atoms. The Hall–Kier alpha value is -3.01. The topological polar surface area (TPSA) is 126 Å². The molecule has 5 N–H and O–H groups in total. The summed E-state index contributed by atoms with van der Waals surface area (Å²) in [6.07, 6.45) is -0.0480. The van der Waals surface area contributed by atoms with Gasteiger partial charge >= 0.3 is 6.03 Å². The molecule has 2 rings (SSSR count). The number of nitrogens with two attached hydrogens (primary N) is 1. The Labute approximate surface area is 159 Å². The number of nitrogens with one attached hydrogen (secondary N) is 3. The van der Waals surface area contributed by atoms with Crippen molar-refractivity contribution in [1.82, 2.24) is 21.2 Å². The number of halogens is 1. The molecule has 0 fully saturated rings. The molecule has 1 heterocycles. The van der Waals surface area contributed by atoms with E-state index < -0.39 is 23.9 Å². The largest absolute Gasteiger partial charge is 0.352 e. The molecular formula is C17H20FN5O3S. The highest BCUT2D eigenvalue weighted by Gasteiger charge is 2.23. The smallest absolute Gasteiger partial charge is 0.312 e. The predicted molar refractivity (Wildman–Crippen MR) is 98.8 cm³/mol. The summed E-state index contributed by atoms with van der Waals surface area (Å²) in [4.78, 5) is 39.3. The average molecular weight is 393 g/mol. The molecule has 0 aliphatic rings. The number of amides is 4. The number of hydrogen-bond acceptors (Lipinski definition) is 5. The number of benzene rings is 1. The first-order chi connectivity index (χ1) is 12.8. The summed E-state index contributed by atoms with van der Waals surface area (Å²) in [7, 11) is 0. The number of urea groups is 1. The van der Waals surface area contributed by atoms with Gasteiger partial charge in [-0.15, -0.1) is 11.3 Å². The first-order valence-electron chi connectivity index (χ1n) is 8.11. The number of hydrogen-bond donors (Lipinski definition) is 4. The van der Waals surface area contributed by atoms with Crippen LogP contribution in [0.3, 0.4) is 0 Å². The number of rotatable bonds is 6. The van der Waals surface area contributed by atoms with E-state index >= 15 is 0 Å². The molecule has 0 aliphatic carbocycles. The third-order valence-corrected chi connectivity index (χ3v) is 4.50. The van der Waals surface area contributed by atoms with Gasteiger partial charge in [-0.2, -0.15) is 0 Å². The van der Waals surface area contributed by atoms with E-state index in [-0.39, 0.29) is 18.2 Å². The number of nitrogens with zero attached hydrogens (tertiary/aromatic N) is 1. The van der Waals surface area contributed by atoms with Gasteiger partial charge in [0, 0.05) is 10.9 Å². The SMILES string of the molecule is CC(C)[C@H](NC(N)=O)C(=O)NNC(=O)Cc1csc(-c2ccc(F)cc2)n1. The zero-order valence-corrected chi connectivity index (χ0v) is 15.6. The molecule has 27 heavy (non-hydrogen) atoms. The van der Waals surface area contributed by atoms with Crippen LogP contribution in [-0.2, 0) is 16.0 Å². The minimum absolute atomic E-state index is 0.0480. The molecule has 8 nitrogen and oxygen atoms in total. The van der Waals surface area contributed by atoms with Gasteiger partial charge in [-0.25, -0.2) is 14.2 Å². The fraction of sp³-hybridized carbons (Fsp3) is 0.294. The molecule has 1 aromatic carbocycles. The van der Waals surface area contributed by atoms with Crippen molar-refractivity contribution in [3.05, 3.63) is 41.2 Å². The number of carbonyl (C=O) groups is 3. The Bertz CT molecular complexity index is 822. The third kappa shape index (κ3) is 6.03. The minimum atomic E-state index is -0.868. The van der Waals surface area contributed by atoms with Crippen LogP contribution in [0.1, 0.15) is 19.5 Å². The monoisotopic (exact) mass is 393 g/mol. The van der Waals surface area contributed by atoms with Crippen molar-refractivity contribution in [1.29, 1.82) is 0 Å². The van der Waals surface area contributed by atoms with Crippen LogP contribution in [0.25, 0.3) is 10.6 Å². The molecule has 4 amide bonds. The van der Waals surface area contributed by atoms with Crippen molar-refractivity contribution in [3.63, 3.8) is 0 Å². The fourth-order valence-corrected chi connectivity index (χ4v) is 3.05. The maximum Gasteiger partial charge on any atom is 0.312 e. The van der Waals surface area contributed by atoms with Gasteiger partial charge in [0.15, 0.2) is 0 Å². The standard InChI is InChI=1S/C17H20FN5O3S/c1-9(2)14(21-17(19)26)15(25)23-22-13(24)7-12-8-27-16(20-12)10-3-5-11(18)6-4-10/h3-6,8-9,14H,7H2,1-2H3,(H,22,24)(H,23,25)(H3,19,21,26)/t14-/m0/s1. The molecule has 1 atom stereocenters. The summed E-state index contributed by atoms with van der Waals surface area (Å²) in [6, 6.07) is 4.19. The molecule has 0 saturated heterocycles. The van der Waals surface area contributed by atoms with E-state index in [9.17, 15) is 18.8 Å². The van der Waals surface area contributed by atoms with E-state index in [4.69, 9.17) is 5.73 Å². The summed E-state index contributed by atoms with van der Waals surface area (Å²) in [6.45, 7) is 3.46. The lowest BCUT2D eigenvalue weighted by Gasteiger charge is -2.20. The molecule has 0 unspecified atom stereocenters. The van der Waals surface area contributed by atoms with Crippen molar-refractivity contribution in [2.75, 3.05) is 0 Å². The summed E-state index contributed by atoms with van der Waals surface area (Å²) in [5, 5.41) is 4.69. The molecule has 0 radical (unpaired) electrons. The highest BCUT2D eigenvalue weighted by molar-refractivity contribution is 7.13. The Morgan fingerprint density at radius 1 is 1.19 bits per heavy atom. The Balaban J connectivity index is 1.89. The third-order valence-electron chi connectivity index (χ3n) is 3.56. The summed E-state index contributed by atoms with van der Waals surface area (Å²) >= 11 is 1.33. The van der Waals surface area contributed by atoms with Gasteiger partial charge in [0.1, 0.15) is 16.9 Å². The maximum atomic E-state index is 13.0. The van der Waals surface area contributed by atoms with Crippen LogP contribution in [0.15, 0.2) is 29.6 Å². The molecule has 10 heteroatoms. The Morgan fingerprint density at radius 2 is 1.85 bits per heavy atom. The minimum Gasteiger partial charge on any atom is -0.352 e. The van der Waals surface area contributed by atoms with Gasteiger partial charge in [-0.3, -0.25) is 20.4 Å². The molecule has 0 saturated carbocycles. The molecule has 1 aromatic heterocycles. The quantitative estimate of drug-likeness (QED) is 0.552. The van der Waals surface area contributed by atoms with E-state index in [1.807, 2.05) is 0 Å². The van der Waals surface area contributed by atoms with Gasteiger partial charge in [-0.05, 0) is 30.2 Å². The Kier molecular flexibility index (Phi) is 6.83. The summed E-state index contributed by atoms with van der Waals surface area (Å²) < 4.78 is 13.0. The number of thiazole rings is 1. The van der Waals surface area contributed by atoms with Crippen molar-refractivity contribution in [2.24, 2.45) is 11.7 Å². The normalized spacial score (nSPS) is 11.7. The number of hydrazine groups is 1. The lowest BCUT2D eigenvalue weighted by atomic mass is 10.0. The number of aromatic nitrogens is 1. The van der Waals surface area contributed by atoms with Crippen molar-refractivity contribution in [3.8, 4) is 10.6 Å². The maximum absolute atomic E-state index is 13.0. The highest BCUT2D eigenvalue weighted by Crippen LogP contribution is 2.24. The molecule has 144 valence electrons. The number of carbonyl (C=O) groups excluding carboxylic acids is 3. The van der Waals surface area contributed by atoms with Crippen LogP contribution in [0.2, 0.25) is 0 Å². The first kappa shape index (κ1) is 20.3. The van der Waals surface area contributed by atoms with Crippen molar-refractivity contribution >= 4 is 29.2 Å². The van der Waals surface area contributed by atoms with Crippen LogP contribution >= 0.6 is 11.3 Å². The van der Waals surface area contributed by atoms with Crippen LogP contribution < -0.4 is 21.9 Å². The molecular weight excluding hydrogens is 373 g/mol. The summed E-state index contributed by atoms with van der Waals surface area (Å²) in [5.41, 5.74) is 10.8. The molecule has 2 aromatic rings. The zero-order valence-electron chi connectivity index (χ0n) is 14.8. The van der Waals surface area contributed by atoms with Gasteiger partial charge in [-0.1, -0.05) is 13.8 Å².